The van der Waals surface area contributed by atoms with Crippen molar-refractivity contribution in [2.24, 2.45) is 0 Å². The van der Waals surface area contributed by atoms with Gasteiger partial charge in [-0.1, -0.05) is 41.4 Å². The van der Waals surface area contributed by atoms with Crippen LogP contribution in [0.4, 0.5) is 4.39 Å². The van der Waals surface area contributed by atoms with E-state index in [4.69, 9.17) is 23.2 Å². The van der Waals surface area contributed by atoms with E-state index >= 15 is 0 Å². The fourth-order valence-corrected chi connectivity index (χ4v) is 4.01. The van der Waals surface area contributed by atoms with Crippen LogP contribution < -0.4 is 4.72 Å². The van der Waals surface area contributed by atoms with Gasteiger partial charge < -0.3 is 0 Å². The normalized spacial score (nSPS) is 13.1. The maximum absolute atomic E-state index is 13.1. The fourth-order valence-electron chi connectivity index (χ4n) is 2.07. The van der Waals surface area contributed by atoms with Crippen LogP contribution in [0, 0.1) is 5.82 Å². The molecule has 1 unspecified atom stereocenters. The van der Waals surface area contributed by atoms with Gasteiger partial charge in [0, 0.05) is 16.1 Å². The molecule has 118 valence electrons. The van der Waals surface area contributed by atoms with Gasteiger partial charge in [-0.2, -0.15) is 0 Å². The molecule has 7 heteroatoms. The summed E-state index contributed by atoms with van der Waals surface area (Å²) in [6, 6.07) is 9.82. The van der Waals surface area contributed by atoms with Crippen molar-refractivity contribution in [2.75, 3.05) is 0 Å². The van der Waals surface area contributed by atoms with Crippen LogP contribution in [0.1, 0.15) is 24.1 Å². The molecule has 2 aromatic rings. The van der Waals surface area contributed by atoms with Gasteiger partial charge in [-0.15, -0.1) is 0 Å². The molecule has 0 bridgehead atoms. The monoisotopic (exact) mass is 361 g/mol. The first kappa shape index (κ1) is 17.2. The molecule has 0 saturated heterocycles. The van der Waals surface area contributed by atoms with Crippen LogP contribution in [0.25, 0.3) is 0 Å². The second-order valence-corrected chi connectivity index (χ2v) is 7.49. The summed E-state index contributed by atoms with van der Waals surface area (Å²) in [7, 11) is -3.63. The Labute approximate surface area is 139 Å². The number of benzene rings is 2. The molecule has 0 amide bonds. The Morgan fingerprint density at radius 2 is 1.91 bits per heavy atom. The Morgan fingerprint density at radius 3 is 2.55 bits per heavy atom. The van der Waals surface area contributed by atoms with Crippen LogP contribution in [0.15, 0.2) is 42.5 Å². The molecule has 0 radical (unpaired) electrons. The minimum absolute atomic E-state index is 0.305. The molecule has 1 atom stereocenters. The predicted octanol–water partition coefficient (Wildman–Crippen LogP) is 4.31. The van der Waals surface area contributed by atoms with Gasteiger partial charge >= 0.3 is 0 Å². The smallest absolute Gasteiger partial charge is 0.212 e. The number of hydrogen-bond donors (Lipinski definition) is 1. The Kier molecular flexibility index (Phi) is 5.45. The molecule has 22 heavy (non-hydrogen) atoms. The quantitative estimate of drug-likeness (QED) is 0.861. The number of rotatable bonds is 5. The van der Waals surface area contributed by atoms with Gasteiger partial charge in [-0.05, 0) is 42.3 Å². The van der Waals surface area contributed by atoms with Crippen molar-refractivity contribution in [1.29, 1.82) is 0 Å². The summed E-state index contributed by atoms with van der Waals surface area (Å²) in [5, 5.41) is 0.858. The number of halogens is 3. The standard InChI is InChI=1S/C15H14Cl2FNO2S/c1-10(14-6-5-12(16)8-15(14)17)19-22(20,21)9-11-3-2-4-13(18)7-11/h2-8,10,19H,9H2,1H3. The lowest BCUT2D eigenvalue weighted by atomic mass is 10.1. The first-order chi connectivity index (χ1) is 10.3. The van der Waals surface area contributed by atoms with Crippen molar-refractivity contribution >= 4 is 33.2 Å². The third kappa shape index (κ3) is 4.68. The Balaban J connectivity index is 2.14. The van der Waals surface area contributed by atoms with E-state index in [9.17, 15) is 12.8 Å². The zero-order chi connectivity index (χ0) is 16.3. The van der Waals surface area contributed by atoms with Crippen molar-refractivity contribution in [3.05, 3.63) is 69.5 Å². The first-order valence-corrected chi connectivity index (χ1v) is 8.87. The SMILES string of the molecule is CC(NS(=O)(=O)Cc1cccc(F)c1)c1ccc(Cl)cc1Cl. The fraction of sp³-hybridized carbons (Fsp3) is 0.200. The van der Waals surface area contributed by atoms with E-state index in [1.54, 1.807) is 31.2 Å². The summed E-state index contributed by atoms with van der Waals surface area (Å²) in [4.78, 5) is 0. The molecule has 0 aliphatic carbocycles. The van der Waals surface area contributed by atoms with Crippen LogP contribution in [0.5, 0.6) is 0 Å². The van der Waals surface area contributed by atoms with Crippen LogP contribution in [0.2, 0.25) is 10.0 Å². The highest BCUT2D eigenvalue weighted by molar-refractivity contribution is 7.88. The van der Waals surface area contributed by atoms with E-state index in [0.717, 1.165) is 0 Å². The molecule has 0 aliphatic heterocycles. The maximum Gasteiger partial charge on any atom is 0.216 e. The summed E-state index contributed by atoms with van der Waals surface area (Å²) in [6.07, 6.45) is 0. The molecule has 0 aromatic heterocycles. The molecule has 0 saturated carbocycles. The maximum atomic E-state index is 13.1. The highest BCUT2D eigenvalue weighted by Crippen LogP contribution is 2.26. The van der Waals surface area contributed by atoms with Crippen molar-refractivity contribution in [1.82, 2.24) is 4.72 Å². The molecular weight excluding hydrogens is 348 g/mol. The Morgan fingerprint density at radius 1 is 1.18 bits per heavy atom. The van der Waals surface area contributed by atoms with E-state index in [0.29, 0.717) is 21.2 Å². The second-order valence-electron chi connectivity index (χ2n) is 4.89. The molecular formula is C15H14Cl2FNO2S. The number of sulfonamides is 1. The van der Waals surface area contributed by atoms with Gasteiger partial charge in [-0.25, -0.2) is 17.5 Å². The highest BCUT2D eigenvalue weighted by Gasteiger charge is 2.18. The van der Waals surface area contributed by atoms with E-state index in [1.165, 1.54) is 18.2 Å². The molecule has 0 aliphatic rings. The van der Waals surface area contributed by atoms with Gasteiger partial charge in [0.25, 0.3) is 0 Å². The molecule has 3 nitrogen and oxygen atoms in total. The van der Waals surface area contributed by atoms with Gasteiger partial charge in [0.2, 0.25) is 10.0 Å². The lowest BCUT2D eigenvalue weighted by Crippen LogP contribution is -2.28. The van der Waals surface area contributed by atoms with Crippen LogP contribution in [-0.4, -0.2) is 8.42 Å². The van der Waals surface area contributed by atoms with Crippen molar-refractivity contribution in [3.63, 3.8) is 0 Å². The zero-order valence-corrected chi connectivity index (χ0v) is 14.0. The number of hydrogen-bond acceptors (Lipinski definition) is 2. The van der Waals surface area contributed by atoms with E-state index < -0.39 is 21.9 Å². The van der Waals surface area contributed by atoms with Crippen molar-refractivity contribution in [3.8, 4) is 0 Å². The molecule has 0 spiro atoms. The minimum Gasteiger partial charge on any atom is -0.212 e. The average molecular weight is 362 g/mol. The van der Waals surface area contributed by atoms with Gasteiger partial charge in [-0.3, -0.25) is 0 Å². The van der Waals surface area contributed by atoms with Crippen molar-refractivity contribution < 1.29 is 12.8 Å². The molecule has 2 aromatic carbocycles. The minimum atomic E-state index is -3.63. The lowest BCUT2D eigenvalue weighted by Gasteiger charge is -2.16. The summed E-state index contributed by atoms with van der Waals surface area (Å²) in [5.74, 6) is -0.776. The lowest BCUT2D eigenvalue weighted by molar-refractivity contribution is 0.566. The third-order valence-corrected chi connectivity index (χ3v) is 5.02. The summed E-state index contributed by atoms with van der Waals surface area (Å²) >= 11 is 11.9. The van der Waals surface area contributed by atoms with Gasteiger partial charge in [0.15, 0.2) is 0 Å². The third-order valence-electron chi connectivity index (χ3n) is 3.03. The van der Waals surface area contributed by atoms with Gasteiger partial charge in [0.1, 0.15) is 5.82 Å². The van der Waals surface area contributed by atoms with Crippen LogP contribution in [-0.2, 0) is 15.8 Å². The topological polar surface area (TPSA) is 46.2 Å². The largest absolute Gasteiger partial charge is 0.216 e. The molecule has 1 N–H and O–H groups in total. The predicted molar refractivity (Wildman–Crippen MR) is 87.0 cm³/mol. The average Bonchev–Trinajstić information content (AvgIpc) is 2.36. The van der Waals surface area contributed by atoms with Crippen LogP contribution in [0.3, 0.4) is 0 Å². The first-order valence-electron chi connectivity index (χ1n) is 6.46. The molecule has 2 rings (SSSR count). The molecule has 0 heterocycles. The Hall–Kier alpha value is -1.14. The summed E-state index contributed by atoms with van der Waals surface area (Å²) < 4.78 is 40.0. The molecule has 0 fully saturated rings. The Bertz CT molecular complexity index is 781. The van der Waals surface area contributed by atoms with E-state index in [2.05, 4.69) is 4.72 Å². The van der Waals surface area contributed by atoms with E-state index in [-0.39, 0.29) is 5.75 Å². The van der Waals surface area contributed by atoms with Gasteiger partial charge in [0.05, 0.1) is 5.75 Å². The van der Waals surface area contributed by atoms with E-state index in [1.807, 2.05) is 0 Å². The summed E-state index contributed by atoms with van der Waals surface area (Å²) in [5.41, 5.74) is 0.996. The summed E-state index contributed by atoms with van der Waals surface area (Å²) in [6.45, 7) is 1.68. The van der Waals surface area contributed by atoms with Crippen LogP contribution >= 0.6 is 23.2 Å². The number of nitrogens with one attached hydrogen (secondary N) is 1. The second kappa shape index (κ2) is 6.96. The highest BCUT2D eigenvalue weighted by atomic mass is 35.5. The zero-order valence-electron chi connectivity index (χ0n) is 11.7. The van der Waals surface area contributed by atoms with Crippen molar-refractivity contribution in [2.45, 2.75) is 18.7 Å².